The van der Waals surface area contributed by atoms with E-state index < -0.39 is 21.0 Å². The molecule has 134 valence electrons. The third kappa shape index (κ3) is 3.38. The maximum Gasteiger partial charge on any atom is 0.340 e. The molecular weight excluding hydrogens is 344 g/mol. The molecule has 1 aliphatic rings. The maximum atomic E-state index is 12.8. The van der Waals surface area contributed by atoms with Crippen LogP contribution in [0.4, 0.5) is 5.69 Å². The molecule has 2 aromatic rings. The third-order valence-electron chi connectivity index (χ3n) is 4.22. The second kappa shape index (κ2) is 6.49. The Morgan fingerprint density at radius 1 is 1.20 bits per heavy atom. The number of nitrogens with zero attached hydrogens (tertiary/aromatic N) is 4. The minimum atomic E-state index is -3.94. The van der Waals surface area contributed by atoms with Gasteiger partial charge in [0, 0.05) is 45.1 Å². The van der Waals surface area contributed by atoms with Gasteiger partial charge in [0.1, 0.15) is 5.56 Å². The number of aromatic carboxylic acids is 1. The number of hydrogen-bond acceptors (Lipinski definition) is 5. The summed E-state index contributed by atoms with van der Waals surface area (Å²) in [4.78, 5) is 13.4. The molecule has 1 aromatic heterocycles. The van der Waals surface area contributed by atoms with Crippen molar-refractivity contribution in [3.05, 3.63) is 41.6 Å². The van der Waals surface area contributed by atoms with Gasteiger partial charge in [-0.05, 0) is 24.6 Å². The zero-order valence-corrected chi connectivity index (χ0v) is 14.9. The third-order valence-corrected chi connectivity index (χ3v) is 6.05. The van der Waals surface area contributed by atoms with Gasteiger partial charge in [-0.3, -0.25) is 4.68 Å². The number of hydrogen-bond donors (Lipinski definition) is 1. The average molecular weight is 364 g/mol. The number of sulfonamides is 1. The molecule has 0 amide bonds. The standard InChI is InChI=1S/C16H20N4O4S/c1-12-4-3-5-13(10-12)19-6-8-20(9-7-19)25(23,24)15-14(16(21)22)11-18(2)17-15/h3-5,10-11H,6-9H2,1-2H3,(H,21,22). The fraction of sp³-hybridized carbons (Fsp3) is 0.375. The van der Waals surface area contributed by atoms with Crippen LogP contribution < -0.4 is 4.90 Å². The highest BCUT2D eigenvalue weighted by Gasteiger charge is 2.34. The van der Waals surface area contributed by atoms with Crippen LogP contribution in [0.1, 0.15) is 15.9 Å². The summed E-state index contributed by atoms with van der Waals surface area (Å²) in [7, 11) is -2.44. The normalized spacial score (nSPS) is 16.2. The van der Waals surface area contributed by atoms with Crippen LogP contribution >= 0.6 is 0 Å². The summed E-state index contributed by atoms with van der Waals surface area (Å²) in [6, 6.07) is 8.05. The molecule has 1 N–H and O–H groups in total. The summed E-state index contributed by atoms with van der Waals surface area (Å²) in [5.74, 6) is -1.30. The molecule has 1 aliphatic heterocycles. The fourth-order valence-electron chi connectivity index (χ4n) is 2.94. The summed E-state index contributed by atoms with van der Waals surface area (Å²) < 4.78 is 28.1. The average Bonchev–Trinajstić information content (AvgIpc) is 2.98. The Morgan fingerprint density at radius 3 is 2.48 bits per heavy atom. The van der Waals surface area contributed by atoms with Gasteiger partial charge in [-0.1, -0.05) is 12.1 Å². The molecule has 25 heavy (non-hydrogen) atoms. The number of carboxylic acid groups (broad SMARTS) is 1. The summed E-state index contributed by atoms with van der Waals surface area (Å²) in [6.07, 6.45) is 1.21. The smallest absolute Gasteiger partial charge is 0.340 e. The van der Waals surface area contributed by atoms with E-state index in [-0.39, 0.29) is 18.7 Å². The van der Waals surface area contributed by atoms with Gasteiger partial charge in [-0.25, -0.2) is 13.2 Å². The molecule has 0 aliphatic carbocycles. The van der Waals surface area contributed by atoms with Gasteiger partial charge in [0.2, 0.25) is 5.03 Å². The van der Waals surface area contributed by atoms with E-state index in [1.807, 2.05) is 25.1 Å². The quantitative estimate of drug-likeness (QED) is 0.867. The number of piperazine rings is 1. The van der Waals surface area contributed by atoms with Crippen LogP contribution in [0.2, 0.25) is 0 Å². The van der Waals surface area contributed by atoms with Crippen molar-refractivity contribution in [3.63, 3.8) is 0 Å². The first-order valence-corrected chi connectivity index (χ1v) is 9.32. The van der Waals surface area contributed by atoms with E-state index in [0.717, 1.165) is 11.3 Å². The van der Waals surface area contributed by atoms with Crippen molar-refractivity contribution < 1.29 is 18.3 Å². The molecule has 9 heteroatoms. The summed E-state index contributed by atoms with van der Waals surface area (Å²) >= 11 is 0. The highest BCUT2D eigenvalue weighted by molar-refractivity contribution is 7.89. The zero-order chi connectivity index (χ0) is 18.2. The second-order valence-corrected chi connectivity index (χ2v) is 7.91. The fourth-order valence-corrected chi connectivity index (χ4v) is 4.48. The largest absolute Gasteiger partial charge is 0.478 e. The highest BCUT2D eigenvalue weighted by Crippen LogP contribution is 2.23. The molecule has 0 spiro atoms. The minimum absolute atomic E-state index is 0.284. The van der Waals surface area contributed by atoms with E-state index in [2.05, 4.69) is 16.1 Å². The highest BCUT2D eigenvalue weighted by atomic mass is 32.2. The van der Waals surface area contributed by atoms with Crippen molar-refractivity contribution in [2.24, 2.45) is 7.05 Å². The summed E-state index contributed by atoms with van der Waals surface area (Å²) in [5.41, 5.74) is 1.90. The number of rotatable bonds is 4. The van der Waals surface area contributed by atoms with Gasteiger partial charge in [-0.2, -0.15) is 9.40 Å². The number of anilines is 1. The van der Waals surface area contributed by atoms with Crippen molar-refractivity contribution >= 4 is 21.7 Å². The van der Waals surface area contributed by atoms with Gasteiger partial charge in [0.05, 0.1) is 0 Å². The Bertz CT molecular complexity index is 899. The lowest BCUT2D eigenvalue weighted by molar-refractivity contribution is 0.0692. The van der Waals surface area contributed by atoms with E-state index in [0.29, 0.717) is 13.1 Å². The van der Waals surface area contributed by atoms with Crippen molar-refractivity contribution in [3.8, 4) is 0 Å². The van der Waals surface area contributed by atoms with Gasteiger partial charge >= 0.3 is 5.97 Å². The van der Waals surface area contributed by atoms with Gasteiger partial charge in [0.15, 0.2) is 0 Å². The van der Waals surface area contributed by atoms with Crippen LogP contribution in [0.15, 0.2) is 35.5 Å². The first-order valence-electron chi connectivity index (χ1n) is 7.88. The molecule has 3 rings (SSSR count). The van der Waals surface area contributed by atoms with E-state index in [4.69, 9.17) is 0 Å². The first kappa shape index (κ1) is 17.4. The van der Waals surface area contributed by atoms with E-state index in [9.17, 15) is 18.3 Å². The number of carboxylic acids is 1. The Hall–Kier alpha value is -2.39. The molecule has 1 aromatic carbocycles. The molecular formula is C16H20N4O4S. The Kier molecular flexibility index (Phi) is 4.53. The Morgan fingerprint density at radius 2 is 1.88 bits per heavy atom. The van der Waals surface area contributed by atoms with Crippen LogP contribution in [-0.2, 0) is 17.1 Å². The molecule has 1 fully saturated rings. The van der Waals surface area contributed by atoms with Gasteiger partial charge in [0.25, 0.3) is 10.0 Å². The zero-order valence-electron chi connectivity index (χ0n) is 14.1. The monoisotopic (exact) mass is 364 g/mol. The van der Waals surface area contributed by atoms with E-state index in [1.165, 1.54) is 22.2 Å². The number of carbonyl (C=O) groups is 1. The van der Waals surface area contributed by atoms with Crippen molar-refractivity contribution in [2.75, 3.05) is 31.1 Å². The minimum Gasteiger partial charge on any atom is -0.478 e. The lowest BCUT2D eigenvalue weighted by atomic mass is 10.2. The predicted octanol–water partition coefficient (Wildman–Crippen LogP) is 0.938. The molecule has 2 heterocycles. The van der Waals surface area contributed by atoms with Crippen LogP contribution in [0.25, 0.3) is 0 Å². The lowest BCUT2D eigenvalue weighted by Gasteiger charge is -2.35. The molecule has 0 saturated carbocycles. The predicted molar refractivity (Wildman–Crippen MR) is 92.3 cm³/mol. The van der Waals surface area contributed by atoms with Crippen LogP contribution in [0, 0.1) is 6.92 Å². The Labute approximate surface area is 146 Å². The van der Waals surface area contributed by atoms with Gasteiger partial charge in [-0.15, -0.1) is 0 Å². The van der Waals surface area contributed by atoms with E-state index in [1.54, 1.807) is 0 Å². The molecule has 8 nitrogen and oxygen atoms in total. The topological polar surface area (TPSA) is 95.7 Å². The molecule has 0 radical (unpaired) electrons. The lowest BCUT2D eigenvalue weighted by Crippen LogP contribution is -2.49. The van der Waals surface area contributed by atoms with Crippen LogP contribution in [-0.4, -0.2) is 59.8 Å². The summed E-state index contributed by atoms with van der Waals surface area (Å²) in [5, 5.41) is 12.7. The van der Waals surface area contributed by atoms with Crippen LogP contribution in [0.3, 0.4) is 0 Å². The van der Waals surface area contributed by atoms with Crippen LogP contribution in [0.5, 0.6) is 0 Å². The molecule has 0 unspecified atom stereocenters. The molecule has 0 bridgehead atoms. The number of benzene rings is 1. The van der Waals surface area contributed by atoms with E-state index >= 15 is 0 Å². The maximum absolute atomic E-state index is 12.8. The SMILES string of the molecule is Cc1cccc(N2CCN(S(=O)(=O)c3nn(C)cc3C(=O)O)CC2)c1. The van der Waals surface area contributed by atoms with Crippen molar-refractivity contribution in [1.29, 1.82) is 0 Å². The second-order valence-electron chi connectivity index (χ2n) is 6.06. The van der Waals surface area contributed by atoms with Crippen molar-refractivity contribution in [2.45, 2.75) is 11.9 Å². The van der Waals surface area contributed by atoms with Gasteiger partial charge < -0.3 is 10.0 Å². The van der Waals surface area contributed by atoms with Crippen molar-refractivity contribution in [1.82, 2.24) is 14.1 Å². The first-order chi connectivity index (χ1) is 11.8. The Balaban J connectivity index is 1.79. The molecule has 0 atom stereocenters. The summed E-state index contributed by atoms with van der Waals surface area (Å²) in [6.45, 7) is 3.66. The number of aryl methyl sites for hydroxylation is 2. The molecule has 1 saturated heterocycles. The number of aromatic nitrogens is 2.